The monoisotopic (exact) mass is 395 g/mol. The summed E-state index contributed by atoms with van der Waals surface area (Å²) in [6.45, 7) is 5.64. The van der Waals surface area contributed by atoms with Crippen molar-refractivity contribution in [3.63, 3.8) is 0 Å². The molecule has 0 saturated carbocycles. The molecule has 0 atom stereocenters. The van der Waals surface area contributed by atoms with Crippen LogP contribution < -0.4 is 9.47 Å². The molecule has 0 saturated heterocycles. The Balaban J connectivity index is 1.60. The van der Waals surface area contributed by atoms with Gasteiger partial charge in [0, 0.05) is 24.2 Å². The van der Waals surface area contributed by atoms with Crippen LogP contribution in [0.15, 0.2) is 40.9 Å². The smallest absolute Gasteiger partial charge is 0.407 e. The van der Waals surface area contributed by atoms with Gasteiger partial charge in [0.15, 0.2) is 11.5 Å². The molecule has 2 aromatic carbocycles. The van der Waals surface area contributed by atoms with E-state index < -0.39 is 6.09 Å². The normalized spacial score (nSPS) is 12.7. The maximum Gasteiger partial charge on any atom is 0.407 e. The molecule has 1 aliphatic heterocycles. The molecule has 1 N–H and O–H groups in total. The molecule has 0 aliphatic carbocycles. The Labute approximate surface area is 167 Å². The van der Waals surface area contributed by atoms with Crippen LogP contribution in [0.25, 0.3) is 22.8 Å². The standard InChI is InChI=1S/C21H21N3O5/c1-3-27-17-8-7-14(10-18(17)28-4-2)20-22-19(23-29-20)13-5-6-15-11-24(21(25)26)12-16(15)9-13/h5-10H,3-4,11-12H2,1-2H3,(H,25,26). The molecule has 0 fully saturated rings. The van der Waals surface area contributed by atoms with E-state index in [1.165, 1.54) is 4.90 Å². The number of benzene rings is 2. The van der Waals surface area contributed by atoms with Gasteiger partial charge >= 0.3 is 6.09 Å². The van der Waals surface area contributed by atoms with Gasteiger partial charge in [-0.3, -0.25) is 4.90 Å². The van der Waals surface area contributed by atoms with Gasteiger partial charge in [0.25, 0.3) is 5.89 Å². The van der Waals surface area contributed by atoms with Gasteiger partial charge in [-0.1, -0.05) is 17.3 Å². The predicted octanol–water partition coefficient (Wildman–Crippen LogP) is 4.19. The molecule has 29 heavy (non-hydrogen) atoms. The van der Waals surface area contributed by atoms with Crippen molar-refractivity contribution in [2.24, 2.45) is 0 Å². The van der Waals surface area contributed by atoms with Crippen LogP contribution in [0.1, 0.15) is 25.0 Å². The van der Waals surface area contributed by atoms with E-state index in [4.69, 9.17) is 14.0 Å². The van der Waals surface area contributed by atoms with Crippen molar-refractivity contribution in [3.8, 4) is 34.3 Å². The average Bonchev–Trinajstić information content (AvgIpc) is 3.36. The van der Waals surface area contributed by atoms with Crippen LogP contribution >= 0.6 is 0 Å². The van der Waals surface area contributed by atoms with Crippen molar-refractivity contribution < 1.29 is 23.9 Å². The minimum atomic E-state index is -0.926. The lowest BCUT2D eigenvalue weighted by Crippen LogP contribution is -2.22. The summed E-state index contributed by atoms with van der Waals surface area (Å²) in [6, 6.07) is 11.2. The number of carboxylic acid groups (broad SMARTS) is 1. The summed E-state index contributed by atoms with van der Waals surface area (Å²) in [5, 5.41) is 13.3. The lowest BCUT2D eigenvalue weighted by atomic mass is 10.1. The van der Waals surface area contributed by atoms with E-state index in [1.54, 1.807) is 0 Å². The van der Waals surface area contributed by atoms with Crippen LogP contribution in [0.4, 0.5) is 4.79 Å². The van der Waals surface area contributed by atoms with Crippen LogP contribution in [0.3, 0.4) is 0 Å². The van der Waals surface area contributed by atoms with E-state index in [9.17, 15) is 9.90 Å². The molecule has 0 radical (unpaired) electrons. The number of nitrogens with zero attached hydrogens (tertiary/aromatic N) is 3. The summed E-state index contributed by atoms with van der Waals surface area (Å²) >= 11 is 0. The van der Waals surface area contributed by atoms with Gasteiger partial charge in [-0.15, -0.1) is 0 Å². The molecule has 1 amide bonds. The second kappa shape index (κ2) is 7.83. The van der Waals surface area contributed by atoms with Crippen LogP contribution in [0.5, 0.6) is 11.5 Å². The maximum absolute atomic E-state index is 11.2. The largest absolute Gasteiger partial charge is 0.490 e. The quantitative estimate of drug-likeness (QED) is 0.668. The Morgan fingerprint density at radius 1 is 1.03 bits per heavy atom. The number of carbonyl (C=O) groups is 1. The van der Waals surface area contributed by atoms with Crippen molar-refractivity contribution in [3.05, 3.63) is 47.5 Å². The van der Waals surface area contributed by atoms with Gasteiger partial charge in [0.2, 0.25) is 5.82 Å². The van der Waals surface area contributed by atoms with Gasteiger partial charge in [-0.05, 0) is 49.2 Å². The van der Waals surface area contributed by atoms with E-state index >= 15 is 0 Å². The van der Waals surface area contributed by atoms with Gasteiger partial charge in [-0.2, -0.15) is 4.98 Å². The third-order valence-electron chi connectivity index (χ3n) is 4.67. The highest BCUT2D eigenvalue weighted by molar-refractivity contribution is 5.68. The summed E-state index contributed by atoms with van der Waals surface area (Å²) < 4.78 is 16.7. The number of fused-ring (bicyclic) bond motifs is 1. The second-order valence-corrected chi connectivity index (χ2v) is 6.57. The fourth-order valence-electron chi connectivity index (χ4n) is 3.31. The van der Waals surface area contributed by atoms with Gasteiger partial charge < -0.3 is 19.1 Å². The molecule has 0 spiro atoms. The van der Waals surface area contributed by atoms with Gasteiger partial charge in [0.1, 0.15) is 0 Å². The highest BCUT2D eigenvalue weighted by Gasteiger charge is 2.24. The molecule has 8 nitrogen and oxygen atoms in total. The first-order chi connectivity index (χ1) is 14.1. The number of amides is 1. The molecule has 2 heterocycles. The third-order valence-corrected chi connectivity index (χ3v) is 4.67. The molecule has 8 heteroatoms. The minimum absolute atomic E-state index is 0.361. The van der Waals surface area contributed by atoms with Crippen molar-refractivity contribution >= 4 is 6.09 Å². The van der Waals surface area contributed by atoms with Crippen molar-refractivity contribution in [2.75, 3.05) is 13.2 Å². The molecular formula is C21H21N3O5. The Hall–Kier alpha value is -3.55. The summed E-state index contributed by atoms with van der Waals surface area (Å²) in [6.07, 6.45) is -0.926. The summed E-state index contributed by atoms with van der Waals surface area (Å²) in [5.74, 6) is 2.11. The number of ether oxygens (including phenoxy) is 2. The van der Waals surface area contributed by atoms with Crippen molar-refractivity contribution in [2.45, 2.75) is 26.9 Å². The van der Waals surface area contributed by atoms with Crippen LogP contribution in [0.2, 0.25) is 0 Å². The molecular weight excluding hydrogens is 374 g/mol. The maximum atomic E-state index is 11.2. The number of rotatable bonds is 6. The fourth-order valence-corrected chi connectivity index (χ4v) is 3.31. The summed E-state index contributed by atoms with van der Waals surface area (Å²) in [4.78, 5) is 17.1. The topological polar surface area (TPSA) is 97.9 Å². The van der Waals surface area contributed by atoms with Crippen LogP contribution in [0, 0.1) is 0 Å². The van der Waals surface area contributed by atoms with E-state index in [1.807, 2.05) is 50.2 Å². The van der Waals surface area contributed by atoms with Gasteiger partial charge in [-0.25, -0.2) is 4.79 Å². The molecule has 0 bridgehead atoms. The first-order valence-electron chi connectivity index (χ1n) is 9.42. The van der Waals surface area contributed by atoms with Crippen molar-refractivity contribution in [1.82, 2.24) is 15.0 Å². The average molecular weight is 395 g/mol. The van der Waals surface area contributed by atoms with Gasteiger partial charge in [0.05, 0.1) is 13.2 Å². The number of aromatic nitrogens is 2. The Morgan fingerprint density at radius 3 is 2.52 bits per heavy atom. The highest BCUT2D eigenvalue weighted by atomic mass is 16.5. The lowest BCUT2D eigenvalue weighted by molar-refractivity contribution is 0.145. The predicted molar refractivity (Wildman–Crippen MR) is 105 cm³/mol. The van der Waals surface area contributed by atoms with Crippen LogP contribution in [-0.2, 0) is 13.1 Å². The SMILES string of the molecule is CCOc1ccc(-c2nc(-c3ccc4c(c3)CN(C(=O)O)C4)no2)cc1OCC. The van der Waals surface area contributed by atoms with Crippen LogP contribution in [-0.4, -0.2) is 39.5 Å². The zero-order chi connectivity index (χ0) is 20.4. The van der Waals surface area contributed by atoms with E-state index in [2.05, 4.69) is 10.1 Å². The zero-order valence-corrected chi connectivity index (χ0v) is 16.2. The summed E-state index contributed by atoms with van der Waals surface area (Å²) in [5.41, 5.74) is 3.46. The number of hydrogen-bond acceptors (Lipinski definition) is 6. The first-order valence-corrected chi connectivity index (χ1v) is 9.42. The van der Waals surface area contributed by atoms with Crippen molar-refractivity contribution in [1.29, 1.82) is 0 Å². The zero-order valence-electron chi connectivity index (χ0n) is 16.2. The summed E-state index contributed by atoms with van der Waals surface area (Å²) in [7, 11) is 0. The molecule has 150 valence electrons. The Kier molecular flexibility index (Phi) is 5.07. The Bertz CT molecular complexity index is 1050. The number of hydrogen-bond donors (Lipinski definition) is 1. The fraction of sp³-hybridized carbons (Fsp3) is 0.286. The first kappa shape index (κ1) is 18.8. The highest BCUT2D eigenvalue weighted by Crippen LogP contribution is 2.33. The minimum Gasteiger partial charge on any atom is -0.490 e. The molecule has 1 aliphatic rings. The molecule has 4 rings (SSSR count). The van der Waals surface area contributed by atoms with E-state index in [-0.39, 0.29) is 0 Å². The molecule has 0 unspecified atom stereocenters. The van der Waals surface area contributed by atoms with E-state index in [0.717, 1.165) is 22.3 Å². The third kappa shape index (κ3) is 3.73. The Morgan fingerprint density at radius 2 is 1.76 bits per heavy atom. The lowest BCUT2D eigenvalue weighted by Gasteiger charge is -2.11. The second-order valence-electron chi connectivity index (χ2n) is 6.57. The van der Waals surface area contributed by atoms with E-state index in [0.29, 0.717) is 49.5 Å². The molecule has 3 aromatic rings. The molecule has 1 aromatic heterocycles.